The number of ether oxygens (including phenoxy) is 2. The molecule has 1 unspecified atom stereocenters. The van der Waals surface area contributed by atoms with Crippen LogP contribution >= 0.6 is 11.6 Å². The van der Waals surface area contributed by atoms with Crippen molar-refractivity contribution in [3.63, 3.8) is 0 Å². The molecule has 7 rings (SSSR count). The Kier molecular flexibility index (Phi) is 7.36. The average molecular weight is 607 g/mol. The topological polar surface area (TPSA) is 89.7 Å². The molecule has 0 radical (unpaired) electrons. The van der Waals surface area contributed by atoms with Crippen LogP contribution in [0.25, 0.3) is 17.0 Å². The van der Waals surface area contributed by atoms with Gasteiger partial charge in [-0.05, 0) is 80.2 Å². The molecule has 3 aliphatic heterocycles. The van der Waals surface area contributed by atoms with E-state index in [0.717, 1.165) is 50.3 Å². The van der Waals surface area contributed by atoms with Gasteiger partial charge in [0, 0.05) is 17.2 Å². The number of carboxylic acid groups (broad SMARTS) is 1. The van der Waals surface area contributed by atoms with E-state index in [1.54, 1.807) is 18.2 Å². The third kappa shape index (κ3) is 5.39. The van der Waals surface area contributed by atoms with E-state index in [1.165, 1.54) is 24.3 Å². The van der Waals surface area contributed by atoms with Crippen molar-refractivity contribution in [1.82, 2.24) is 19.4 Å². The standard InChI is InChI=1S/C32H29ClF2N4O4/c33-19-4-5-22(24(34)14-19)28-15-25(35)23-3-1-2-21(30(23)43-28)18-8-11-38(12-9-18)17-29-36-26-6-7-27(32(40)41)37-31(26)39(29)16-20-10-13-42-20/h1-7,14-15,18,20,28H,8-13,16-17H2,(H,40,41)/t20-,28?/m0/s1. The maximum absolute atomic E-state index is 15.3. The minimum atomic E-state index is -1.08. The summed E-state index contributed by atoms with van der Waals surface area (Å²) < 4.78 is 43.9. The second kappa shape index (κ2) is 11.3. The van der Waals surface area contributed by atoms with Gasteiger partial charge in [0.05, 0.1) is 24.8 Å². The molecule has 2 aromatic heterocycles. The van der Waals surface area contributed by atoms with Crippen molar-refractivity contribution < 1.29 is 28.2 Å². The molecule has 2 aromatic carbocycles. The number of hydrogen-bond acceptors (Lipinski definition) is 6. The molecular formula is C32H29ClF2N4O4. The van der Waals surface area contributed by atoms with Crippen molar-refractivity contribution >= 4 is 34.6 Å². The average Bonchev–Trinajstić information content (AvgIpc) is 3.31. The summed E-state index contributed by atoms with van der Waals surface area (Å²) in [4.78, 5) is 23.1. The predicted octanol–water partition coefficient (Wildman–Crippen LogP) is 6.53. The van der Waals surface area contributed by atoms with Crippen molar-refractivity contribution in [2.24, 2.45) is 0 Å². The second-order valence-corrected chi connectivity index (χ2v) is 11.7. The van der Waals surface area contributed by atoms with E-state index >= 15 is 4.39 Å². The number of piperidine rings is 1. The number of nitrogens with zero attached hydrogens (tertiary/aromatic N) is 4. The summed E-state index contributed by atoms with van der Waals surface area (Å²) in [7, 11) is 0. The van der Waals surface area contributed by atoms with Crippen LogP contribution in [0.3, 0.4) is 0 Å². The predicted molar refractivity (Wildman–Crippen MR) is 156 cm³/mol. The Bertz CT molecular complexity index is 1750. The fourth-order valence-electron chi connectivity index (χ4n) is 6.18. The van der Waals surface area contributed by atoms with Gasteiger partial charge in [0.1, 0.15) is 34.8 Å². The van der Waals surface area contributed by atoms with Gasteiger partial charge in [-0.1, -0.05) is 29.8 Å². The summed E-state index contributed by atoms with van der Waals surface area (Å²) in [5, 5.41) is 9.73. The van der Waals surface area contributed by atoms with Crippen LogP contribution in [-0.4, -0.2) is 56.3 Å². The Hall–Kier alpha value is -3.86. The molecule has 222 valence electrons. The van der Waals surface area contributed by atoms with Crippen molar-refractivity contribution in [2.45, 2.75) is 50.5 Å². The second-order valence-electron chi connectivity index (χ2n) is 11.3. The molecule has 43 heavy (non-hydrogen) atoms. The van der Waals surface area contributed by atoms with Gasteiger partial charge in [0.15, 0.2) is 11.3 Å². The smallest absolute Gasteiger partial charge is 0.354 e. The normalized spacial score (nSPS) is 20.8. The summed E-state index contributed by atoms with van der Waals surface area (Å²) in [6.07, 6.45) is 3.04. The fourth-order valence-corrected chi connectivity index (χ4v) is 6.34. The number of carboxylic acids is 1. The third-order valence-corrected chi connectivity index (χ3v) is 8.81. The Morgan fingerprint density at radius 2 is 1.86 bits per heavy atom. The summed E-state index contributed by atoms with van der Waals surface area (Å²) in [6, 6.07) is 13.0. The Labute approximate surface area is 251 Å². The minimum Gasteiger partial charge on any atom is -0.480 e. The minimum absolute atomic E-state index is 0.0173. The maximum Gasteiger partial charge on any atom is 0.354 e. The highest BCUT2D eigenvalue weighted by Gasteiger charge is 2.31. The molecule has 0 spiro atoms. The lowest BCUT2D eigenvalue weighted by molar-refractivity contribution is -0.0593. The Morgan fingerprint density at radius 3 is 2.58 bits per heavy atom. The summed E-state index contributed by atoms with van der Waals surface area (Å²) in [6.45, 7) is 3.42. The Morgan fingerprint density at radius 1 is 1.05 bits per heavy atom. The highest BCUT2D eigenvalue weighted by Crippen LogP contribution is 2.45. The van der Waals surface area contributed by atoms with E-state index in [2.05, 4.69) is 9.88 Å². The van der Waals surface area contributed by atoms with E-state index in [9.17, 15) is 14.3 Å². The van der Waals surface area contributed by atoms with Crippen LogP contribution in [0.4, 0.5) is 8.78 Å². The molecule has 0 aliphatic carbocycles. The first kappa shape index (κ1) is 27.9. The van der Waals surface area contributed by atoms with Crippen LogP contribution in [0.15, 0.2) is 54.6 Å². The quantitative estimate of drug-likeness (QED) is 0.256. The zero-order chi connectivity index (χ0) is 29.7. The van der Waals surface area contributed by atoms with Gasteiger partial charge in [0.2, 0.25) is 0 Å². The number of benzene rings is 2. The molecule has 11 heteroatoms. The number of hydrogen-bond donors (Lipinski definition) is 1. The molecule has 2 atom stereocenters. The number of imidazole rings is 1. The van der Waals surface area contributed by atoms with E-state index in [4.69, 9.17) is 26.1 Å². The van der Waals surface area contributed by atoms with Crippen molar-refractivity contribution in [3.8, 4) is 5.75 Å². The van der Waals surface area contributed by atoms with E-state index in [1.807, 2.05) is 16.7 Å². The number of pyridine rings is 1. The van der Waals surface area contributed by atoms with Crippen molar-refractivity contribution in [1.29, 1.82) is 0 Å². The molecule has 2 saturated heterocycles. The van der Waals surface area contributed by atoms with Crippen LogP contribution in [0.2, 0.25) is 5.02 Å². The monoisotopic (exact) mass is 606 g/mol. The highest BCUT2D eigenvalue weighted by atomic mass is 35.5. The van der Waals surface area contributed by atoms with Crippen molar-refractivity contribution in [2.75, 3.05) is 19.7 Å². The lowest BCUT2D eigenvalue weighted by Gasteiger charge is -2.34. The van der Waals surface area contributed by atoms with Crippen LogP contribution in [0.1, 0.15) is 64.3 Å². The molecule has 3 aliphatic rings. The number of halogens is 3. The van der Waals surface area contributed by atoms with Gasteiger partial charge in [-0.3, -0.25) is 4.90 Å². The number of aromatic nitrogens is 3. The molecule has 0 bridgehead atoms. The maximum atomic E-state index is 15.3. The number of rotatable bonds is 7. The first-order valence-electron chi connectivity index (χ1n) is 14.4. The van der Waals surface area contributed by atoms with Crippen LogP contribution < -0.4 is 4.74 Å². The molecule has 5 heterocycles. The first-order valence-corrected chi connectivity index (χ1v) is 14.8. The zero-order valence-corrected chi connectivity index (χ0v) is 23.9. The molecule has 4 aromatic rings. The molecule has 2 fully saturated rings. The van der Waals surface area contributed by atoms with Gasteiger partial charge in [0.25, 0.3) is 0 Å². The van der Waals surface area contributed by atoms with Gasteiger partial charge in [-0.25, -0.2) is 23.5 Å². The SMILES string of the molecule is O=C(O)c1ccc2nc(CN3CCC(c4cccc5c4OC(c4ccc(Cl)cc4F)C=C5F)CC3)n(C[C@@H]3CCO3)c2n1. The lowest BCUT2D eigenvalue weighted by Crippen LogP contribution is -2.35. The zero-order valence-electron chi connectivity index (χ0n) is 23.2. The third-order valence-electron chi connectivity index (χ3n) is 8.58. The van der Waals surface area contributed by atoms with Crippen molar-refractivity contribution in [3.05, 3.63) is 93.7 Å². The lowest BCUT2D eigenvalue weighted by atomic mass is 9.86. The van der Waals surface area contributed by atoms with E-state index in [-0.39, 0.29) is 28.3 Å². The van der Waals surface area contributed by atoms with Gasteiger partial charge in [-0.2, -0.15) is 0 Å². The number of fused-ring (bicyclic) bond motifs is 2. The van der Waals surface area contributed by atoms with Crippen LogP contribution in [0, 0.1) is 5.82 Å². The Balaban J connectivity index is 1.10. The number of para-hydroxylation sites is 1. The highest BCUT2D eigenvalue weighted by molar-refractivity contribution is 6.30. The van der Waals surface area contributed by atoms with Crippen LogP contribution in [0.5, 0.6) is 5.75 Å². The number of carbonyl (C=O) groups is 1. The van der Waals surface area contributed by atoms with E-state index in [0.29, 0.717) is 35.6 Å². The van der Waals surface area contributed by atoms with E-state index < -0.39 is 23.7 Å². The first-order chi connectivity index (χ1) is 20.8. The van der Waals surface area contributed by atoms with Gasteiger partial charge < -0.3 is 19.1 Å². The number of likely N-dealkylation sites (tertiary alicyclic amines) is 1. The van der Waals surface area contributed by atoms with Crippen LogP contribution in [-0.2, 0) is 17.8 Å². The largest absolute Gasteiger partial charge is 0.480 e. The summed E-state index contributed by atoms with van der Waals surface area (Å²) in [5.74, 6) is -0.642. The molecular weight excluding hydrogens is 578 g/mol. The summed E-state index contributed by atoms with van der Waals surface area (Å²) >= 11 is 5.92. The molecule has 8 nitrogen and oxygen atoms in total. The molecule has 0 amide bonds. The molecule has 0 saturated carbocycles. The summed E-state index contributed by atoms with van der Waals surface area (Å²) in [5.41, 5.74) is 2.72. The van der Waals surface area contributed by atoms with Gasteiger partial charge in [-0.15, -0.1) is 0 Å². The number of aromatic carboxylic acids is 1. The fraction of sp³-hybridized carbons (Fsp3) is 0.344. The van der Waals surface area contributed by atoms with Gasteiger partial charge >= 0.3 is 5.97 Å². The molecule has 1 N–H and O–H groups in total.